The van der Waals surface area contributed by atoms with Crippen LogP contribution in [0.3, 0.4) is 0 Å². The van der Waals surface area contributed by atoms with Crippen LogP contribution in [-0.4, -0.2) is 53.5 Å². The molecule has 1 aliphatic rings. The molecule has 114 valence electrons. The van der Waals surface area contributed by atoms with Gasteiger partial charge in [-0.3, -0.25) is 4.79 Å². The highest BCUT2D eigenvalue weighted by Crippen LogP contribution is 2.42. The molecule has 1 saturated carbocycles. The summed E-state index contributed by atoms with van der Waals surface area (Å²) in [5.74, 6) is -2.67. The molecule has 0 aromatic heterocycles. The molecular weight excluding hydrogens is 268 g/mol. The molecule has 0 aromatic rings. The number of urea groups is 1. The lowest BCUT2D eigenvalue weighted by Crippen LogP contribution is -2.63. The second-order valence-electron chi connectivity index (χ2n) is 5.44. The lowest BCUT2D eigenvalue weighted by molar-refractivity contribution is -0.145. The Labute approximate surface area is 116 Å². The Hall–Kier alpha value is -1.83. The monoisotopic (exact) mass is 288 g/mol. The fourth-order valence-corrected chi connectivity index (χ4v) is 2.26. The van der Waals surface area contributed by atoms with E-state index in [0.29, 0.717) is 6.42 Å². The summed E-state index contributed by atoms with van der Waals surface area (Å²) in [5.41, 5.74) is -0.252. The van der Waals surface area contributed by atoms with Gasteiger partial charge in [0.25, 0.3) is 0 Å². The maximum Gasteiger partial charge on any atom is 0.326 e. The number of methoxy groups -OCH3 is 1. The van der Waals surface area contributed by atoms with Crippen molar-refractivity contribution in [2.24, 2.45) is 5.41 Å². The predicted octanol–water partition coefficient (Wildman–Crippen LogP) is 0.0270. The van der Waals surface area contributed by atoms with E-state index in [1.54, 1.807) is 7.11 Å². The molecule has 4 N–H and O–H groups in total. The molecule has 0 spiro atoms. The number of hydrogen-bond donors (Lipinski definition) is 4. The highest BCUT2D eigenvalue weighted by atomic mass is 16.5. The highest BCUT2D eigenvalue weighted by molar-refractivity contribution is 5.86. The summed E-state index contributed by atoms with van der Waals surface area (Å²) in [6, 6.07) is -2.29. The molecule has 1 rings (SSSR count). The Morgan fingerprint density at radius 2 is 1.95 bits per heavy atom. The molecule has 20 heavy (non-hydrogen) atoms. The molecule has 8 nitrogen and oxygen atoms in total. The van der Waals surface area contributed by atoms with Gasteiger partial charge >= 0.3 is 18.0 Å². The summed E-state index contributed by atoms with van der Waals surface area (Å²) in [6.07, 6.45) is -0.00690. The molecule has 2 amide bonds. The summed E-state index contributed by atoms with van der Waals surface area (Å²) in [5, 5.41) is 22.2. The van der Waals surface area contributed by atoms with Crippen LogP contribution in [0.5, 0.6) is 0 Å². The smallest absolute Gasteiger partial charge is 0.326 e. The molecule has 0 heterocycles. The Morgan fingerprint density at radius 1 is 1.35 bits per heavy atom. The number of carbonyl (C=O) groups excluding carboxylic acids is 1. The van der Waals surface area contributed by atoms with Crippen molar-refractivity contribution < 1.29 is 29.3 Å². The maximum atomic E-state index is 11.7. The SMILES string of the molecule is COC1CC(NC(=O)N[C@@H](CC(=O)O)C(=O)O)C1(C)C. The molecule has 0 bridgehead atoms. The van der Waals surface area contributed by atoms with Crippen LogP contribution >= 0.6 is 0 Å². The summed E-state index contributed by atoms with van der Waals surface area (Å²) >= 11 is 0. The number of ether oxygens (including phenoxy) is 1. The summed E-state index contributed by atoms with van der Waals surface area (Å²) < 4.78 is 5.24. The van der Waals surface area contributed by atoms with Crippen LogP contribution in [0.4, 0.5) is 4.79 Å². The first-order valence-electron chi connectivity index (χ1n) is 6.23. The first kappa shape index (κ1) is 16.2. The van der Waals surface area contributed by atoms with E-state index in [1.807, 2.05) is 13.8 Å². The third-order valence-electron chi connectivity index (χ3n) is 3.75. The Morgan fingerprint density at radius 3 is 2.35 bits per heavy atom. The Balaban J connectivity index is 2.51. The average molecular weight is 288 g/mol. The predicted molar refractivity (Wildman–Crippen MR) is 68.3 cm³/mol. The van der Waals surface area contributed by atoms with Crippen molar-refractivity contribution in [1.29, 1.82) is 0 Å². The van der Waals surface area contributed by atoms with Gasteiger partial charge in [-0.15, -0.1) is 0 Å². The first-order chi connectivity index (χ1) is 9.18. The quantitative estimate of drug-likeness (QED) is 0.546. The van der Waals surface area contributed by atoms with Crippen LogP contribution in [0.25, 0.3) is 0 Å². The Kier molecular flexibility index (Phi) is 4.93. The minimum absolute atomic E-state index is 0.0297. The summed E-state index contributed by atoms with van der Waals surface area (Å²) in [4.78, 5) is 33.1. The van der Waals surface area contributed by atoms with Crippen LogP contribution < -0.4 is 10.6 Å². The topological polar surface area (TPSA) is 125 Å². The largest absolute Gasteiger partial charge is 0.481 e. The number of aliphatic carboxylic acids is 2. The van der Waals surface area contributed by atoms with Gasteiger partial charge in [-0.05, 0) is 6.42 Å². The van der Waals surface area contributed by atoms with E-state index < -0.39 is 30.4 Å². The van der Waals surface area contributed by atoms with Gasteiger partial charge in [-0.25, -0.2) is 9.59 Å². The van der Waals surface area contributed by atoms with Gasteiger partial charge in [0.05, 0.1) is 12.5 Å². The van der Waals surface area contributed by atoms with E-state index >= 15 is 0 Å². The molecule has 0 saturated heterocycles. The molecule has 3 atom stereocenters. The second kappa shape index (κ2) is 6.08. The third-order valence-corrected chi connectivity index (χ3v) is 3.75. The normalized spacial score (nSPS) is 25.1. The average Bonchev–Trinajstić information content (AvgIpc) is 2.32. The lowest BCUT2D eigenvalue weighted by Gasteiger charge is -2.51. The number of carboxylic acids is 2. The molecular formula is C12H20N2O6. The zero-order chi connectivity index (χ0) is 15.5. The van der Waals surface area contributed by atoms with Gasteiger partial charge in [-0.1, -0.05) is 13.8 Å². The molecule has 0 radical (unpaired) electrons. The van der Waals surface area contributed by atoms with Gasteiger partial charge in [-0.2, -0.15) is 0 Å². The van der Waals surface area contributed by atoms with E-state index in [9.17, 15) is 14.4 Å². The van der Waals surface area contributed by atoms with Crippen molar-refractivity contribution >= 4 is 18.0 Å². The van der Waals surface area contributed by atoms with Crippen molar-refractivity contribution in [3.8, 4) is 0 Å². The number of amides is 2. The molecule has 2 unspecified atom stereocenters. The van der Waals surface area contributed by atoms with Crippen LogP contribution in [0.1, 0.15) is 26.7 Å². The van der Waals surface area contributed by atoms with E-state index in [1.165, 1.54) is 0 Å². The van der Waals surface area contributed by atoms with E-state index in [4.69, 9.17) is 14.9 Å². The first-order valence-corrected chi connectivity index (χ1v) is 6.23. The minimum Gasteiger partial charge on any atom is -0.481 e. The fourth-order valence-electron chi connectivity index (χ4n) is 2.26. The number of carboxylic acid groups (broad SMARTS) is 2. The van der Waals surface area contributed by atoms with Crippen molar-refractivity contribution in [2.75, 3.05) is 7.11 Å². The molecule has 1 fully saturated rings. The Bertz CT molecular complexity index is 409. The van der Waals surface area contributed by atoms with E-state index in [0.717, 1.165) is 0 Å². The number of hydrogen-bond acceptors (Lipinski definition) is 4. The van der Waals surface area contributed by atoms with Crippen molar-refractivity contribution in [1.82, 2.24) is 10.6 Å². The minimum atomic E-state index is -1.45. The van der Waals surface area contributed by atoms with E-state index in [2.05, 4.69) is 10.6 Å². The number of carbonyl (C=O) groups is 3. The number of rotatable bonds is 6. The molecule has 1 aliphatic carbocycles. The standard InChI is InChI=1S/C12H20N2O6/c1-12(2)7(5-8(12)20-3)14-11(19)13-6(10(17)18)4-9(15)16/h6-8H,4-5H2,1-3H3,(H,15,16)(H,17,18)(H2,13,14,19)/t6-,7?,8?/m0/s1. The zero-order valence-electron chi connectivity index (χ0n) is 11.7. The van der Waals surface area contributed by atoms with Crippen LogP contribution in [-0.2, 0) is 14.3 Å². The van der Waals surface area contributed by atoms with Gasteiger partial charge in [0, 0.05) is 18.6 Å². The van der Waals surface area contributed by atoms with Crippen molar-refractivity contribution in [2.45, 2.75) is 44.9 Å². The van der Waals surface area contributed by atoms with Gasteiger partial charge in [0.15, 0.2) is 0 Å². The lowest BCUT2D eigenvalue weighted by atomic mass is 9.64. The van der Waals surface area contributed by atoms with Gasteiger partial charge in [0.1, 0.15) is 6.04 Å². The zero-order valence-corrected chi connectivity index (χ0v) is 11.7. The summed E-state index contributed by atoms with van der Waals surface area (Å²) in [6.45, 7) is 3.86. The fraction of sp³-hybridized carbons (Fsp3) is 0.750. The molecule has 0 aromatic carbocycles. The van der Waals surface area contributed by atoms with Crippen molar-refractivity contribution in [3.63, 3.8) is 0 Å². The van der Waals surface area contributed by atoms with Crippen LogP contribution in [0, 0.1) is 5.41 Å². The third kappa shape index (κ3) is 3.60. The van der Waals surface area contributed by atoms with E-state index in [-0.39, 0.29) is 17.6 Å². The van der Waals surface area contributed by atoms with Crippen LogP contribution in [0.2, 0.25) is 0 Å². The van der Waals surface area contributed by atoms with Crippen LogP contribution in [0.15, 0.2) is 0 Å². The highest BCUT2D eigenvalue weighted by Gasteiger charge is 2.49. The molecule has 0 aliphatic heterocycles. The summed E-state index contributed by atoms with van der Waals surface area (Å²) in [7, 11) is 1.59. The maximum absolute atomic E-state index is 11.7. The van der Waals surface area contributed by atoms with Gasteiger partial charge in [0.2, 0.25) is 0 Å². The second-order valence-corrected chi connectivity index (χ2v) is 5.44. The van der Waals surface area contributed by atoms with Gasteiger partial charge < -0.3 is 25.6 Å². The van der Waals surface area contributed by atoms with Crippen molar-refractivity contribution in [3.05, 3.63) is 0 Å². The number of nitrogens with one attached hydrogen (secondary N) is 2. The molecule has 8 heteroatoms.